The number of para-hydroxylation sites is 1. The minimum Gasteiger partial charge on any atom is -0.398 e. The van der Waals surface area contributed by atoms with Gasteiger partial charge in [0, 0.05) is 6.54 Å². The summed E-state index contributed by atoms with van der Waals surface area (Å²) < 4.78 is 27.2. The number of rotatable bonds is 4. The van der Waals surface area contributed by atoms with Gasteiger partial charge >= 0.3 is 0 Å². The summed E-state index contributed by atoms with van der Waals surface area (Å²) in [5, 5.41) is 0. The van der Waals surface area contributed by atoms with E-state index in [0.717, 1.165) is 11.1 Å². The first-order valence-electron chi connectivity index (χ1n) is 6.82. The van der Waals surface area contributed by atoms with Crippen molar-refractivity contribution in [3.63, 3.8) is 0 Å². The van der Waals surface area contributed by atoms with Crippen LogP contribution in [0.2, 0.25) is 0 Å². The number of nitrogens with two attached hydrogens (primary N) is 1. The molecule has 0 saturated heterocycles. The first-order valence-corrected chi connectivity index (χ1v) is 8.26. The van der Waals surface area contributed by atoms with Crippen molar-refractivity contribution in [2.45, 2.75) is 25.7 Å². The molecular weight excluding hydrogens is 284 g/mol. The van der Waals surface area contributed by atoms with E-state index in [9.17, 15) is 8.42 Å². The Labute approximate surface area is 126 Å². The molecule has 2 rings (SSSR count). The third-order valence-electron chi connectivity index (χ3n) is 3.53. The van der Waals surface area contributed by atoms with Crippen LogP contribution < -0.4 is 10.0 Å². The first-order chi connectivity index (χ1) is 9.87. The number of sulfonamides is 1. The number of aryl methyl sites for hydroxylation is 2. The van der Waals surface area contributed by atoms with Crippen LogP contribution in [0.25, 0.3) is 0 Å². The predicted octanol–water partition coefficient (Wildman–Crippen LogP) is 3.10. The molecule has 2 N–H and O–H groups in total. The Morgan fingerprint density at radius 3 is 2.19 bits per heavy atom. The van der Waals surface area contributed by atoms with Gasteiger partial charge in [0.2, 0.25) is 0 Å². The quantitative estimate of drug-likeness (QED) is 0.883. The van der Waals surface area contributed by atoms with Crippen molar-refractivity contribution in [1.29, 1.82) is 0 Å². The Balaban J connectivity index is 2.58. The molecule has 0 heterocycles. The van der Waals surface area contributed by atoms with E-state index in [1.54, 1.807) is 24.3 Å². The Morgan fingerprint density at radius 1 is 1.05 bits per heavy atom. The lowest BCUT2D eigenvalue weighted by atomic mass is 10.1. The highest BCUT2D eigenvalue weighted by atomic mass is 32.2. The van der Waals surface area contributed by atoms with Gasteiger partial charge in [0.05, 0.1) is 11.4 Å². The first kappa shape index (κ1) is 15.4. The summed E-state index contributed by atoms with van der Waals surface area (Å²) in [6.45, 7) is 5.95. The van der Waals surface area contributed by atoms with Gasteiger partial charge in [0.1, 0.15) is 4.90 Å². The van der Waals surface area contributed by atoms with Gasteiger partial charge in [-0.3, -0.25) is 4.31 Å². The molecule has 0 unspecified atom stereocenters. The van der Waals surface area contributed by atoms with Crippen molar-refractivity contribution < 1.29 is 8.42 Å². The second-order valence-electron chi connectivity index (χ2n) is 4.98. The molecular formula is C16H20N2O2S. The normalized spacial score (nSPS) is 11.4. The highest BCUT2D eigenvalue weighted by molar-refractivity contribution is 7.93. The molecule has 4 nitrogen and oxygen atoms in total. The van der Waals surface area contributed by atoms with Gasteiger partial charge in [0.15, 0.2) is 0 Å². The van der Waals surface area contributed by atoms with Gasteiger partial charge in [0.25, 0.3) is 10.0 Å². The van der Waals surface area contributed by atoms with Crippen LogP contribution in [0.5, 0.6) is 0 Å². The number of benzene rings is 2. The standard InChI is InChI=1S/C16H20N2O2S/c1-4-18(14-8-6-5-7-9-14)21(19,20)16-11-13(3)12(2)10-15(16)17/h5-11H,4,17H2,1-3H3. The van der Waals surface area contributed by atoms with Gasteiger partial charge in [-0.25, -0.2) is 8.42 Å². The van der Waals surface area contributed by atoms with E-state index >= 15 is 0 Å². The fourth-order valence-electron chi connectivity index (χ4n) is 2.24. The zero-order chi connectivity index (χ0) is 15.6. The zero-order valence-corrected chi connectivity index (χ0v) is 13.3. The molecule has 0 fully saturated rings. The summed E-state index contributed by atoms with van der Waals surface area (Å²) in [6.07, 6.45) is 0. The Kier molecular flexibility index (Phi) is 4.23. The van der Waals surface area contributed by atoms with Gasteiger partial charge in [-0.1, -0.05) is 18.2 Å². The van der Waals surface area contributed by atoms with Gasteiger partial charge in [-0.15, -0.1) is 0 Å². The lowest BCUT2D eigenvalue weighted by Crippen LogP contribution is -2.31. The molecule has 5 heteroatoms. The van der Waals surface area contributed by atoms with Gasteiger partial charge < -0.3 is 5.73 Å². The van der Waals surface area contributed by atoms with Crippen molar-refractivity contribution in [1.82, 2.24) is 0 Å². The molecule has 0 aliphatic carbocycles. The molecule has 2 aromatic rings. The van der Waals surface area contributed by atoms with E-state index < -0.39 is 10.0 Å². The molecule has 0 aliphatic heterocycles. The van der Waals surface area contributed by atoms with E-state index in [2.05, 4.69) is 0 Å². The van der Waals surface area contributed by atoms with Crippen LogP contribution in [0.15, 0.2) is 47.4 Å². The van der Waals surface area contributed by atoms with E-state index in [1.807, 2.05) is 39.0 Å². The Hall–Kier alpha value is -2.01. The Morgan fingerprint density at radius 2 is 1.62 bits per heavy atom. The maximum atomic E-state index is 12.9. The molecule has 0 saturated carbocycles. The SMILES string of the molecule is CCN(c1ccccc1)S(=O)(=O)c1cc(C)c(C)cc1N. The van der Waals surface area contributed by atoms with Crippen LogP contribution in [0.1, 0.15) is 18.1 Å². The lowest BCUT2D eigenvalue weighted by Gasteiger charge is -2.24. The van der Waals surface area contributed by atoms with Crippen molar-refractivity contribution in [2.75, 3.05) is 16.6 Å². The zero-order valence-electron chi connectivity index (χ0n) is 12.5. The van der Waals surface area contributed by atoms with Gasteiger partial charge in [-0.05, 0) is 56.2 Å². The summed E-state index contributed by atoms with van der Waals surface area (Å²) in [5.74, 6) is 0. The minimum absolute atomic E-state index is 0.163. The fourth-order valence-corrected chi connectivity index (χ4v) is 3.90. The molecule has 0 atom stereocenters. The summed E-state index contributed by atoms with van der Waals surface area (Å²) in [5.41, 5.74) is 8.75. The number of nitrogen functional groups attached to an aromatic ring is 1. The average Bonchev–Trinajstić information content (AvgIpc) is 2.44. The smallest absolute Gasteiger partial charge is 0.266 e. The third-order valence-corrected chi connectivity index (χ3v) is 5.48. The van der Waals surface area contributed by atoms with E-state index in [1.165, 1.54) is 4.31 Å². The molecule has 112 valence electrons. The van der Waals surface area contributed by atoms with Crippen LogP contribution in [0.3, 0.4) is 0 Å². The van der Waals surface area contributed by atoms with E-state index in [-0.39, 0.29) is 10.6 Å². The van der Waals surface area contributed by atoms with E-state index in [0.29, 0.717) is 12.2 Å². The molecule has 0 aliphatic rings. The van der Waals surface area contributed by atoms with Crippen LogP contribution in [0, 0.1) is 13.8 Å². The average molecular weight is 304 g/mol. The number of nitrogens with zero attached hydrogens (tertiary/aromatic N) is 1. The third kappa shape index (κ3) is 2.88. The summed E-state index contributed by atoms with van der Waals surface area (Å²) in [4.78, 5) is 0.163. The predicted molar refractivity (Wildman–Crippen MR) is 87.0 cm³/mol. The summed E-state index contributed by atoms with van der Waals surface area (Å²) in [7, 11) is -3.67. The summed E-state index contributed by atoms with van der Waals surface area (Å²) >= 11 is 0. The second-order valence-corrected chi connectivity index (χ2v) is 6.81. The monoisotopic (exact) mass is 304 g/mol. The molecule has 0 amide bonds. The van der Waals surface area contributed by atoms with E-state index in [4.69, 9.17) is 5.73 Å². The maximum absolute atomic E-state index is 12.9. The van der Waals surface area contributed by atoms with Crippen molar-refractivity contribution in [3.8, 4) is 0 Å². The number of anilines is 2. The highest BCUT2D eigenvalue weighted by Gasteiger charge is 2.26. The maximum Gasteiger partial charge on any atom is 0.266 e. The molecule has 0 radical (unpaired) electrons. The molecule has 0 spiro atoms. The highest BCUT2D eigenvalue weighted by Crippen LogP contribution is 2.28. The topological polar surface area (TPSA) is 63.4 Å². The van der Waals surface area contributed by atoms with Crippen LogP contribution in [0.4, 0.5) is 11.4 Å². The molecule has 21 heavy (non-hydrogen) atoms. The Bertz CT molecular complexity index is 740. The molecule has 0 aromatic heterocycles. The number of hydrogen-bond donors (Lipinski definition) is 1. The second kappa shape index (κ2) is 5.77. The summed E-state index contributed by atoms with van der Waals surface area (Å²) in [6, 6.07) is 12.4. The molecule has 0 bridgehead atoms. The lowest BCUT2D eigenvalue weighted by molar-refractivity contribution is 0.592. The van der Waals surface area contributed by atoms with Crippen LogP contribution >= 0.6 is 0 Å². The molecule has 2 aromatic carbocycles. The van der Waals surface area contributed by atoms with Crippen molar-refractivity contribution in [3.05, 3.63) is 53.6 Å². The van der Waals surface area contributed by atoms with Crippen molar-refractivity contribution >= 4 is 21.4 Å². The minimum atomic E-state index is -3.67. The van der Waals surface area contributed by atoms with Crippen LogP contribution in [-0.2, 0) is 10.0 Å². The van der Waals surface area contributed by atoms with Crippen LogP contribution in [-0.4, -0.2) is 15.0 Å². The fraction of sp³-hybridized carbons (Fsp3) is 0.250. The van der Waals surface area contributed by atoms with Gasteiger partial charge in [-0.2, -0.15) is 0 Å². The number of hydrogen-bond acceptors (Lipinski definition) is 3. The largest absolute Gasteiger partial charge is 0.398 e. The van der Waals surface area contributed by atoms with Crippen molar-refractivity contribution in [2.24, 2.45) is 0 Å².